The summed E-state index contributed by atoms with van der Waals surface area (Å²) in [4.78, 5) is 14.6. The number of alkyl halides is 3. The van der Waals surface area contributed by atoms with E-state index in [0.29, 0.717) is 18.1 Å². The molecule has 10 heteroatoms. The zero-order chi connectivity index (χ0) is 18.5. The summed E-state index contributed by atoms with van der Waals surface area (Å²) in [7, 11) is 0. The van der Waals surface area contributed by atoms with Crippen LogP contribution in [-0.2, 0) is 6.18 Å². The van der Waals surface area contributed by atoms with Crippen molar-refractivity contribution < 1.29 is 17.6 Å². The Balaban J connectivity index is 1.91. The van der Waals surface area contributed by atoms with Crippen LogP contribution >= 0.6 is 0 Å². The number of rotatable bonds is 2. The number of imidazole rings is 1. The monoisotopic (exact) mass is 366 g/mol. The van der Waals surface area contributed by atoms with E-state index in [1.165, 1.54) is 6.20 Å². The van der Waals surface area contributed by atoms with Gasteiger partial charge in [-0.3, -0.25) is 4.57 Å². The highest BCUT2D eigenvalue weighted by Gasteiger charge is 2.32. The lowest BCUT2D eigenvalue weighted by molar-refractivity contribution is -0.137. The molecule has 0 aliphatic carbocycles. The molecule has 3 aromatic rings. The number of anilines is 2. The summed E-state index contributed by atoms with van der Waals surface area (Å²) in [6.45, 7) is 1.57. The fourth-order valence-electron chi connectivity index (χ4n) is 3.05. The van der Waals surface area contributed by atoms with Gasteiger partial charge in [-0.15, -0.1) is 0 Å². The number of fused-ring (bicyclic) bond motifs is 1. The smallest absolute Gasteiger partial charge is 0.369 e. The summed E-state index contributed by atoms with van der Waals surface area (Å²) in [5.41, 5.74) is 4.95. The van der Waals surface area contributed by atoms with Gasteiger partial charge in [-0.2, -0.15) is 18.2 Å². The molecule has 136 valence electrons. The molecule has 0 bridgehead atoms. The van der Waals surface area contributed by atoms with E-state index in [0.717, 1.165) is 36.6 Å². The Bertz CT molecular complexity index is 975. The molecule has 0 radical (unpaired) electrons. The maximum absolute atomic E-state index is 14.3. The largest absolute Gasteiger partial charge is 0.416 e. The molecule has 3 heterocycles. The third-order valence-electron chi connectivity index (χ3n) is 4.32. The number of halogens is 4. The maximum atomic E-state index is 14.3. The number of benzene rings is 1. The van der Waals surface area contributed by atoms with Crippen LogP contribution in [0.2, 0.25) is 0 Å². The van der Waals surface area contributed by atoms with Gasteiger partial charge in [0.2, 0.25) is 11.9 Å². The first-order chi connectivity index (χ1) is 12.3. The number of aromatic nitrogens is 4. The van der Waals surface area contributed by atoms with Crippen molar-refractivity contribution in [2.45, 2.75) is 19.0 Å². The fraction of sp³-hybridized carbons (Fsp3) is 0.312. The molecule has 0 atom stereocenters. The summed E-state index contributed by atoms with van der Waals surface area (Å²) in [5.74, 6) is -0.597. The Morgan fingerprint density at radius 3 is 2.50 bits per heavy atom. The average Bonchev–Trinajstić information content (AvgIpc) is 3.21. The van der Waals surface area contributed by atoms with Crippen LogP contribution in [0.15, 0.2) is 24.4 Å². The van der Waals surface area contributed by atoms with Gasteiger partial charge in [-0.05, 0) is 31.0 Å². The second-order valence-electron chi connectivity index (χ2n) is 6.04. The van der Waals surface area contributed by atoms with Crippen molar-refractivity contribution in [1.82, 2.24) is 19.5 Å². The van der Waals surface area contributed by atoms with Crippen molar-refractivity contribution in [2.24, 2.45) is 0 Å². The lowest BCUT2D eigenvalue weighted by atomic mass is 10.2. The lowest BCUT2D eigenvalue weighted by Gasteiger charge is -2.15. The van der Waals surface area contributed by atoms with E-state index in [4.69, 9.17) is 5.73 Å². The molecule has 1 fully saturated rings. The van der Waals surface area contributed by atoms with Gasteiger partial charge in [0.25, 0.3) is 0 Å². The van der Waals surface area contributed by atoms with Crippen molar-refractivity contribution in [3.8, 4) is 5.69 Å². The minimum Gasteiger partial charge on any atom is -0.369 e. The molecule has 6 nitrogen and oxygen atoms in total. The molecular formula is C16H14F4N6. The predicted molar refractivity (Wildman–Crippen MR) is 87.5 cm³/mol. The van der Waals surface area contributed by atoms with Crippen LogP contribution in [0.4, 0.5) is 29.5 Å². The Hall–Kier alpha value is -2.91. The third-order valence-corrected chi connectivity index (χ3v) is 4.32. The number of nitrogens with two attached hydrogens (primary N) is 1. The highest BCUT2D eigenvalue weighted by molar-refractivity contribution is 5.77. The summed E-state index contributed by atoms with van der Waals surface area (Å²) in [6.07, 6.45) is -1.16. The van der Waals surface area contributed by atoms with Crippen LogP contribution < -0.4 is 10.6 Å². The van der Waals surface area contributed by atoms with E-state index in [9.17, 15) is 17.6 Å². The average molecular weight is 366 g/mol. The maximum Gasteiger partial charge on any atom is 0.416 e. The molecule has 0 saturated carbocycles. The van der Waals surface area contributed by atoms with Crippen LogP contribution in [0.5, 0.6) is 0 Å². The van der Waals surface area contributed by atoms with Crippen LogP contribution in [0.3, 0.4) is 0 Å². The van der Waals surface area contributed by atoms with E-state index in [1.807, 2.05) is 4.90 Å². The molecule has 1 saturated heterocycles. The zero-order valence-electron chi connectivity index (χ0n) is 13.5. The first-order valence-corrected chi connectivity index (χ1v) is 7.97. The van der Waals surface area contributed by atoms with Gasteiger partial charge in [0, 0.05) is 13.1 Å². The van der Waals surface area contributed by atoms with Gasteiger partial charge in [-0.25, -0.2) is 14.4 Å². The highest BCUT2D eigenvalue weighted by Crippen LogP contribution is 2.33. The highest BCUT2D eigenvalue weighted by atomic mass is 19.4. The lowest BCUT2D eigenvalue weighted by Crippen LogP contribution is -2.20. The third kappa shape index (κ3) is 2.71. The van der Waals surface area contributed by atoms with Crippen LogP contribution in [0, 0.1) is 5.82 Å². The number of hydrogen-bond acceptors (Lipinski definition) is 5. The molecule has 0 spiro atoms. The van der Waals surface area contributed by atoms with Gasteiger partial charge in [-0.1, -0.05) is 0 Å². The minimum atomic E-state index is -4.61. The second kappa shape index (κ2) is 5.82. The van der Waals surface area contributed by atoms with Crippen LogP contribution in [0.25, 0.3) is 16.9 Å². The van der Waals surface area contributed by atoms with E-state index in [-0.39, 0.29) is 22.8 Å². The Morgan fingerprint density at radius 2 is 1.81 bits per heavy atom. The van der Waals surface area contributed by atoms with Crippen molar-refractivity contribution in [2.75, 3.05) is 23.7 Å². The molecule has 4 rings (SSSR count). The molecule has 0 unspecified atom stereocenters. The molecule has 2 aromatic heterocycles. The molecule has 1 aromatic carbocycles. The van der Waals surface area contributed by atoms with Gasteiger partial charge in [0.1, 0.15) is 11.3 Å². The predicted octanol–water partition coefficient (Wildman–Crippen LogP) is 3.16. The summed E-state index contributed by atoms with van der Waals surface area (Å²) >= 11 is 0. The van der Waals surface area contributed by atoms with Gasteiger partial charge < -0.3 is 10.6 Å². The quantitative estimate of drug-likeness (QED) is 0.706. The molecule has 0 amide bonds. The topological polar surface area (TPSA) is 72.9 Å². The molecule has 1 aliphatic heterocycles. The standard InChI is InChI=1S/C16H14F4N6/c17-10-4-3-9(16(18,19)20)7-12(10)26-13-11(23-14(26)21)8-22-15(24-13)25-5-1-2-6-25/h3-4,7-8H,1-2,5-6H2,(H2,21,23). The van der Waals surface area contributed by atoms with E-state index in [2.05, 4.69) is 15.0 Å². The SMILES string of the molecule is Nc1nc2cnc(N3CCCC3)nc2n1-c1cc(C(F)(F)F)ccc1F. The van der Waals surface area contributed by atoms with E-state index < -0.39 is 17.6 Å². The normalized spacial score (nSPS) is 15.2. The summed E-state index contributed by atoms with van der Waals surface area (Å²) in [5, 5.41) is 0. The summed E-state index contributed by atoms with van der Waals surface area (Å²) in [6, 6.07) is 2.13. The van der Waals surface area contributed by atoms with Gasteiger partial charge in [0.15, 0.2) is 5.65 Å². The first-order valence-electron chi connectivity index (χ1n) is 7.97. The minimum absolute atomic E-state index is 0.161. The van der Waals surface area contributed by atoms with Crippen molar-refractivity contribution in [3.05, 3.63) is 35.8 Å². The van der Waals surface area contributed by atoms with Crippen molar-refractivity contribution >= 4 is 23.1 Å². The number of hydrogen-bond donors (Lipinski definition) is 1. The fourth-order valence-corrected chi connectivity index (χ4v) is 3.05. The van der Waals surface area contributed by atoms with Gasteiger partial charge in [0.05, 0.1) is 17.4 Å². The molecule has 2 N–H and O–H groups in total. The Labute approximate surface area is 145 Å². The number of nitrogens with zero attached hydrogens (tertiary/aromatic N) is 5. The van der Waals surface area contributed by atoms with Crippen molar-refractivity contribution in [1.29, 1.82) is 0 Å². The Kier molecular flexibility index (Phi) is 3.70. The van der Waals surface area contributed by atoms with E-state index >= 15 is 0 Å². The zero-order valence-corrected chi connectivity index (χ0v) is 13.5. The molecular weight excluding hydrogens is 352 g/mol. The summed E-state index contributed by atoms with van der Waals surface area (Å²) < 4.78 is 54.4. The molecule has 1 aliphatic rings. The Morgan fingerprint density at radius 1 is 1.08 bits per heavy atom. The van der Waals surface area contributed by atoms with Crippen LogP contribution in [0.1, 0.15) is 18.4 Å². The van der Waals surface area contributed by atoms with Crippen LogP contribution in [-0.4, -0.2) is 32.6 Å². The molecule has 26 heavy (non-hydrogen) atoms. The van der Waals surface area contributed by atoms with Gasteiger partial charge >= 0.3 is 6.18 Å². The second-order valence-corrected chi connectivity index (χ2v) is 6.04. The first kappa shape index (κ1) is 16.6. The number of nitrogen functional groups attached to an aromatic ring is 1. The van der Waals surface area contributed by atoms with E-state index in [1.54, 1.807) is 0 Å². The van der Waals surface area contributed by atoms with Crippen molar-refractivity contribution in [3.63, 3.8) is 0 Å².